The van der Waals surface area contributed by atoms with Crippen LogP contribution in [0.15, 0.2) is 12.1 Å². The number of nitrogens with zero attached hydrogens (tertiary/aromatic N) is 3. The fourth-order valence-electron chi connectivity index (χ4n) is 1.78. The molecule has 1 atom stereocenters. The van der Waals surface area contributed by atoms with Crippen LogP contribution in [0.2, 0.25) is 0 Å². The maximum atomic E-state index is 11.8. The molecule has 0 bridgehead atoms. The molecule has 0 radical (unpaired) electrons. The first-order chi connectivity index (χ1) is 8.52. The van der Waals surface area contributed by atoms with Gasteiger partial charge in [-0.3, -0.25) is 0 Å². The van der Waals surface area contributed by atoms with E-state index in [9.17, 15) is 8.42 Å². The smallest absolute Gasteiger partial charge is 0.169 e. The van der Waals surface area contributed by atoms with E-state index in [0.717, 1.165) is 5.75 Å². The molecule has 18 heavy (non-hydrogen) atoms. The zero-order chi connectivity index (χ0) is 13.2. The molecule has 1 aromatic heterocycles. The maximum Gasteiger partial charge on any atom is 0.169 e. The van der Waals surface area contributed by atoms with E-state index in [4.69, 9.17) is 11.6 Å². The number of anilines is 1. The first kappa shape index (κ1) is 13.9. The molecule has 0 aromatic carbocycles. The van der Waals surface area contributed by atoms with Gasteiger partial charge < -0.3 is 4.90 Å². The minimum atomic E-state index is -3.13. The van der Waals surface area contributed by atoms with Crippen molar-refractivity contribution in [1.29, 1.82) is 0 Å². The summed E-state index contributed by atoms with van der Waals surface area (Å²) in [6, 6.07) is 3.55. The monoisotopic (exact) mass is 307 g/mol. The van der Waals surface area contributed by atoms with Gasteiger partial charge in [0.25, 0.3) is 0 Å². The quantitative estimate of drug-likeness (QED) is 0.780. The Morgan fingerprint density at radius 3 is 2.83 bits per heavy atom. The van der Waals surface area contributed by atoms with E-state index in [1.165, 1.54) is 6.26 Å². The Morgan fingerprint density at radius 2 is 2.28 bits per heavy atom. The van der Waals surface area contributed by atoms with Crippen molar-refractivity contribution in [3.8, 4) is 0 Å². The molecule has 1 unspecified atom stereocenters. The summed E-state index contributed by atoms with van der Waals surface area (Å²) in [6.45, 7) is 0.664. The fourth-order valence-corrected chi connectivity index (χ4v) is 4.74. The predicted molar refractivity (Wildman–Crippen MR) is 74.9 cm³/mol. The summed E-state index contributed by atoms with van der Waals surface area (Å²) in [4.78, 5) is 1.80. The average Bonchev–Trinajstić information content (AvgIpc) is 2.38. The molecular formula is C10H14ClN3O2S2. The number of hydrogen-bond acceptors (Lipinski definition) is 6. The topological polar surface area (TPSA) is 63.2 Å². The number of alkyl halides is 1. The number of thioether (sulfide) groups is 1. The van der Waals surface area contributed by atoms with Crippen LogP contribution in [0.4, 0.5) is 5.82 Å². The van der Waals surface area contributed by atoms with Crippen LogP contribution in [0.25, 0.3) is 0 Å². The summed E-state index contributed by atoms with van der Waals surface area (Å²) in [5.74, 6) is 2.36. The number of hydrogen-bond donors (Lipinski definition) is 0. The second-order valence-corrected chi connectivity index (χ2v) is 7.69. The second-order valence-electron chi connectivity index (χ2n) is 4.07. The summed E-state index contributed by atoms with van der Waals surface area (Å²) in [5, 5.41) is 7.50. The minimum Gasteiger partial charge on any atom is -0.337 e. The van der Waals surface area contributed by atoms with E-state index >= 15 is 0 Å². The molecule has 0 spiro atoms. The highest BCUT2D eigenvalue weighted by Gasteiger charge is 2.31. The van der Waals surface area contributed by atoms with Crippen molar-refractivity contribution in [3.63, 3.8) is 0 Å². The van der Waals surface area contributed by atoms with Gasteiger partial charge in [0.1, 0.15) is 5.37 Å². The van der Waals surface area contributed by atoms with Gasteiger partial charge in [-0.05, 0) is 12.1 Å². The molecule has 100 valence electrons. The Labute approximate surface area is 116 Å². The van der Waals surface area contributed by atoms with Crippen molar-refractivity contribution in [2.45, 2.75) is 11.3 Å². The molecule has 8 heteroatoms. The lowest BCUT2D eigenvalue weighted by Crippen LogP contribution is -2.47. The molecule has 2 heterocycles. The van der Waals surface area contributed by atoms with Crippen molar-refractivity contribution in [3.05, 3.63) is 17.8 Å². The Bertz CT molecular complexity index is 506. The molecule has 0 amide bonds. The summed E-state index contributed by atoms with van der Waals surface area (Å²) in [6.07, 6.45) is 1.26. The van der Waals surface area contributed by atoms with Gasteiger partial charge in [-0.15, -0.1) is 16.7 Å². The van der Waals surface area contributed by atoms with Gasteiger partial charge in [-0.25, -0.2) is 8.42 Å². The van der Waals surface area contributed by atoms with Crippen LogP contribution in [0.5, 0.6) is 0 Å². The summed E-state index contributed by atoms with van der Waals surface area (Å²) >= 11 is 7.30. The minimum absolute atomic E-state index is 0.304. The highest BCUT2D eigenvalue weighted by molar-refractivity contribution is 8.01. The van der Waals surface area contributed by atoms with Gasteiger partial charge in [0.05, 0.1) is 11.6 Å². The zero-order valence-corrected chi connectivity index (χ0v) is 12.3. The summed E-state index contributed by atoms with van der Waals surface area (Å²) in [5.41, 5.74) is 0.683. The third kappa shape index (κ3) is 3.07. The highest BCUT2D eigenvalue weighted by atomic mass is 35.5. The number of sulfone groups is 1. The molecule has 0 aliphatic carbocycles. The predicted octanol–water partition coefficient (Wildman–Crippen LogP) is 1.14. The van der Waals surface area contributed by atoms with Gasteiger partial charge in [-0.2, -0.15) is 16.9 Å². The lowest BCUT2D eigenvalue weighted by Gasteiger charge is -2.34. The van der Waals surface area contributed by atoms with Crippen LogP contribution in [0, 0.1) is 0 Å². The van der Waals surface area contributed by atoms with E-state index in [-0.39, 0.29) is 0 Å². The average molecular weight is 308 g/mol. The fraction of sp³-hybridized carbons (Fsp3) is 0.600. The van der Waals surface area contributed by atoms with Crippen LogP contribution >= 0.6 is 23.4 Å². The van der Waals surface area contributed by atoms with Crippen LogP contribution in [-0.2, 0) is 15.7 Å². The van der Waals surface area contributed by atoms with Crippen molar-refractivity contribution >= 4 is 39.0 Å². The molecular weight excluding hydrogens is 294 g/mol. The van der Waals surface area contributed by atoms with E-state index < -0.39 is 15.2 Å². The summed E-state index contributed by atoms with van der Waals surface area (Å²) < 4.78 is 23.5. The molecule has 1 saturated heterocycles. The largest absolute Gasteiger partial charge is 0.337 e. The van der Waals surface area contributed by atoms with E-state index in [0.29, 0.717) is 29.7 Å². The molecule has 1 fully saturated rings. The van der Waals surface area contributed by atoms with Crippen molar-refractivity contribution < 1.29 is 8.42 Å². The third-order valence-electron chi connectivity index (χ3n) is 2.72. The Hall–Kier alpha value is -0.530. The first-order valence-electron chi connectivity index (χ1n) is 5.44. The van der Waals surface area contributed by atoms with Crippen LogP contribution < -0.4 is 4.90 Å². The number of rotatable bonds is 3. The molecule has 0 saturated carbocycles. The van der Waals surface area contributed by atoms with Crippen LogP contribution in [0.1, 0.15) is 5.69 Å². The molecule has 5 nitrogen and oxygen atoms in total. The third-order valence-corrected chi connectivity index (χ3v) is 5.63. The molecule has 1 aromatic rings. The molecule has 1 aliphatic heterocycles. The van der Waals surface area contributed by atoms with Crippen LogP contribution in [0.3, 0.4) is 0 Å². The standard InChI is InChI=1S/C10H14ClN3O2S2/c1-18(15,16)10-7-17-5-4-14(10)9-3-2-8(6-11)12-13-9/h2-3,10H,4-7H2,1H3. The Morgan fingerprint density at radius 1 is 1.50 bits per heavy atom. The first-order valence-corrected chi connectivity index (χ1v) is 9.08. The van der Waals surface area contributed by atoms with E-state index in [1.54, 1.807) is 28.8 Å². The maximum absolute atomic E-state index is 11.8. The van der Waals surface area contributed by atoms with Gasteiger partial charge >= 0.3 is 0 Å². The van der Waals surface area contributed by atoms with Crippen LogP contribution in [-0.4, -0.2) is 48.3 Å². The van der Waals surface area contributed by atoms with Crippen molar-refractivity contribution in [2.75, 3.05) is 29.2 Å². The molecule has 2 rings (SSSR count). The van der Waals surface area contributed by atoms with E-state index in [1.807, 2.05) is 0 Å². The van der Waals surface area contributed by atoms with Gasteiger partial charge in [0, 0.05) is 24.3 Å². The second kappa shape index (κ2) is 5.63. The van der Waals surface area contributed by atoms with Gasteiger partial charge in [0.2, 0.25) is 0 Å². The Kier molecular flexibility index (Phi) is 4.34. The lowest BCUT2D eigenvalue weighted by molar-refractivity contribution is 0.583. The molecule has 1 aliphatic rings. The molecule has 0 N–H and O–H groups in total. The van der Waals surface area contributed by atoms with E-state index in [2.05, 4.69) is 10.2 Å². The number of halogens is 1. The summed E-state index contributed by atoms with van der Waals surface area (Å²) in [7, 11) is -3.13. The highest BCUT2D eigenvalue weighted by Crippen LogP contribution is 2.24. The lowest BCUT2D eigenvalue weighted by atomic mass is 10.4. The van der Waals surface area contributed by atoms with Crippen molar-refractivity contribution in [2.24, 2.45) is 0 Å². The normalized spacial score (nSPS) is 21.0. The van der Waals surface area contributed by atoms with Gasteiger partial charge in [0.15, 0.2) is 15.7 Å². The van der Waals surface area contributed by atoms with Crippen molar-refractivity contribution in [1.82, 2.24) is 10.2 Å². The Balaban J connectivity index is 2.28. The SMILES string of the molecule is CS(=O)(=O)C1CSCCN1c1ccc(CCl)nn1. The number of aromatic nitrogens is 2. The zero-order valence-electron chi connectivity index (χ0n) is 9.91. The van der Waals surface area contributed by atoms with Gasteiger partial charge in [-0.1, -0.05) is 0 Å².